The third kappa shape index (κ3) is 5.67. The third-order valence-electron chi connectivity index (χ3n) is 5.09. The molecule has 0 heterocycles. The van der Waals surface area contributed by atoms with Gasteiger partial charge in [0, 0.05) is 17.0 Å². The van der Waals surface area contributed by atoms with Gasteiger partial charge in [0.2, 0.25) is 0 Å². The number of halogens is 1. The second kappa shape index (κ2) is 9.70. The van der Waals surface area contributed by atoms with Crippen molar-refractivity contribution in [1.82, 2.24) is 5.32 Å². The Morgan fingerprint density at radius 1 is 1.10 bits per heavy atom. The molecule has 5 nitrogen and oxygen atoms in total. The van der Waals surface area contributed by atoms with E-state index in [4.69, 9.17) is 16.3 Å². The molecule has 29 heavy (non-hydrogen) atoms. The van der Waals surface area contributed by atoms with Crippen LogP contribution < -0.4 is 5.32 Å². The second-order valence-corrected chi connectivity index (χ2v) is 7.65. The van der Waals surface area contributed by atoms with Crippen LogP contribution >= 0.6 is 11.6 Å². The Hall–Kier alpha value is -2.66. The van der Waals surface area contributed by atoms with Gasteiger partial charge in [-0.3, -0.25) is 14.4 Å². The van der Waals surface area contributed by atoms with Crippen LogP contribution in [0.15, 0.2) is 48.5 Å². The molecule has 0 aliphatic heterocycles. The predicted octanol–water partition coefficient (Wildman–Crippen LogP) is 4.43. The van der Waals surface area contributed by atoms with Gasteiger partial charge in [-0.05, 0) is 61.6 Å². The fourth-order valence-electron chi connectivity index (χ4n) is 3.50. The van der Waals surface area contributed by atoms with Gasteiger partial charge in [-0.15, -0.1) is 0 Å². The second-order valence-electron chi connectivity index (χ2n) is 7.21. The van der Waals surface area contributed by atoms with Crippen LogP contribution in [0, 0.1) is 0 Å². The maximum Gasteiger partial charge on any atom is 0.307 e. The zero-order chi connectivity index (χ0) is 20.8. The SMILES string of the molecule is CC(OC(=O)CCC(=O)c1ccc(Cl)cc1)C(=O)NC1CCCc2ccccc21. The lowest BCUT2D eigenvalue weighted by atomic mass is 9.87. The van der Waals surface area contributed by atoms with Crippen molar-refractivity contribution in [3.63, 3.8) is 0 Å². The lowest BCUT2D eigenvalue weighted by Gasteiger charge is -2.27. The number of amides is 1. The van der Waals surface area contributed by atoms with E-state index in [1.807, 2.05) is 18.2 Å². The molecule has 2 unspecified atom stereocenters. The topological polar surface area (TPSA) is 72.5 Å². The number of benzene rings is 2. The highest BCUT2D eigenvalue weighted by molar-refractivity contribution is 6.30. The Bertz CT molecular complexity index is 894. The van der Waals surface area contributed by atoms with E-state index in [9.17, 15) is 14.4 Å². The Labute approximate surface area is 175 Å². The number of ketones is 1. The number of hydrogen-bond donors (Lipinski definition) is 1. The highest BCUT2D eigenvalue weighted by atomic mass is 35.5. The van der Waals surface area contributed by atoms with Crippen LogP contribution in [0.25, 0.3) is 0 Å². The van der Waals surface area contributed by atoms with Gasteiger partial charge in [-0.2, -0.15) is 0 Å². The molecule has 1 aliphatic rings. The van der Waals surface area contributed by atoms with E-state index in [0.717, 1.165) is 24.8 Å². The Morgan fingerprint density at radius 3 is 2.59 bits per heavy atom. The number of carbonyl (C=O) groups excluding carboxylic acids is 3. The van der Waals surface area contributed by atoms with E-state index < -0.39 is 12.1 Å². The largest absolute Gasteiger partial charge is 0.453 e. The highest BCUT2D eigenvalue weighted by Gasteiger charge is 2.25. The molecule has 6 heteroatoms. The lowest BCUT2D eigenvalue weighted by Crippen LogP contribution is -2.39. The first kappa shape index (κ1) is 21.1. The highest BCUT2D eigenvalue weighted by Crippen LogP contribution is 2.29. The van der Waals surface area contributed by atoms with Crippen molar-refractivity contribution in [3.05, 3.63) is 70.2 Å². The minimum absolute atomic E-state index is 0.0187. The number of Topliss-reactive ketones (excluding diaryl/α,β-unsaturated/α-hetero) is 1. The summed E-state index contributed by atoms with van der Waals surface area (Å²) in [6, 6.07) is 14.5. The summed E-state index contributed by atoms with van der Waals surface area (Å²) in [6.07, 6.45) is 1.90. The van der Waals surface area contributed by atoms with Gasteiger partial charge in [-0.25, -0.2) is 0 Å². The quantitative estimate of drug-likeness (QED) is 0.538. The third-order valence-corrected chi connectivity index (χ3v) is 5.34. The fourth-order valence-corrected chi connectivity index (χ4v) is 3.62. The summed E-state index contributed by atoms with van der Waals surface area (Å²) in [7, 11) is 0. The van der Waals surface area contributed by atoms with Crippen molar-refractivity contribution in [1.29, 1.82) is 0 Å². The first-order chi connectivity index (χ1) is 13.9. The number of ether oxygens (including phenoxy) is 1. The molecule has 0 fully saturated rings. The molecule has 1 N–H and O–H groups in total. The number of aryl methyl sites for hydroxylation is 1. The van der Waals surface area contributed by atoms with Crippen LogP contribution in [0.1, 0.15) is 60.1 Å². The van der Waals surface area contributed by atoms with Crippen molar-refractivity contribution in [2.45, 2.75) is 51.2 Å². The van der Waals surface area contributed by atoms with E-state index >= 15 is 0 Å². The van der Waals surface area contributed by atoms with Crippen LogP contribution in [0.4, 0.5) is 0 Å². The molecule has 0 bridgehead atoms. The summed E-state index contributed by atoms with van der Waals surface area (Å²) in [5.74, 6) is -1.07. The molecule has 3 rings (SSSR count). The average Bonchev–Trinajstić information content (AvgIpc) is 2.72. The number of rotatable bonds is 7. The molecule has 2 aromatic rings. The van der Waals surface area contributed by atoms with E-state index in [0.29, 0.717) is 10.6 Å². The maximum absolute atomic E-state index is 12.5. The van der Waals surface area contributed by atoms with Crippen molar-refractivity contribution < 1.29 is 19.1 Å². The van der Waals surface area contributed by atoms with Gasteiger partial charge in [0.15, 0.2) is 11.9 Å². The zero-order valence-electron chi connectivity index (χ0n) is 16.3. The van der Waals surface area contributed by atoms with Gasteiger partial charge in [0.05, 0.1) is 12.5 Å². The smallest absolute Gasteiger partial charge is 0.307 e. The van der Waals surface area contributed by atoms with E-state index in [2.05, 4.69) is 11.4 Å². The average molecular weight is 414 g/mol. The lowest BCUT2D eigenvalue weighted by molar-refractivity contribution is -0.155. The van der Waals surface area contributed by atoms with Gasteiger partial charge in [-0.1, -0.05) is 35.9 Å². The molecule has 0 saturated heterocycles. The summed E-state index contributed by atoms with van der Waals surface area (Å²) >= 11 is 5.81. The standard InChI is InChI=1S/C23H24ClNO4/c1-15(23(28)25-20-8-4-6-16-5-2-3-7-19(16)20)29-22(27)14-13-21(26)17-9-11-18(24)12-10-17/h2-3,5,7,9-12,15,20H,4,6,8,13-14H2,1H3,(H,25,28). The molecular formula is C23H24ClNO4. The predicted molar refractivity (Wildman–Crippen MR) is 111 cm³/mol. The molecule has 152 valence electrons. The summed E-state index contributed by atoms with van der Waals surface area (Å²) in [4.78, 5) is 36.7. The molecule has 0 spiro atoms. The van der Waals surface area contributed by atoms with Crippen LogP contribution in [0.2, 0.25) is 5.02 Å². The molecule has 1 amide bonds. The number of fused-ring (bicyclic) bond motifs is 1. The maximum atomic E-state index is 12.5. The van der Waals surface area contributed by atoms with E-state index in [1.165, 1.54) is 5.56 Å². The number of hydrogen-bond acceptors (Lipinski definition) is 4. The Balaban J connectivity index is 1.47. The van der Waals surface area contributed by atoms with Crippen molar-refractivity contribution in [2.75, 3.05) is 0 Å². The molecule has 0 saturated carbocycles. The minimum atomic E-state index is -0.915. The molecule has 0 radical (unpaired) electrons. The molecule has 0 aromatic heterocycles. The molecular weight excluding hydrogens is 390 g/mol. The zero-order valence-corrected chi connectivity index (χ0v) is 17.1. The fraction of sp³-hybridized carbons (Fsp3) is 0.348. The van der Waals surface area contributed by atoms with Gasteiger partial charge >= 0.3 is 5.97 Å². The molecule has 2 atom stereocenters. The first-order valence-electron chi connectivity index (χ1n) is 9.80. The first-order valence-corrected chi connectivity index (χ1v) is 10.2. The van der Waals surface area contributed by atoms with Gasteiger partial charge in [0.25, 0.3) is 5.91 Å². The summed E-state index contributed by atoms with van der Waals surface area (Å²) < 4.78 is 5.22. The molecule has 2 aromatic carbocycles. The summed E-state index contributed by atoms with van der Waals surface area (Å²) in [5, 5.41) is 3.52. The molecule has 1 aliphatic carbocycles. The van der Waals surface area contributed by atoms with E-state index in [1.54, 1.807) is 31.2 Å². The van der Waals surface area contributed by atoms with Crippen molar-refractivity contribution >= 4 is 29.3 Å². The van der Waals surface area contributed by atoms with Crippen LogP contribution in [-0.4, -0.2) is 23.8 Å². The van der Waals surface area contributed by atoms with E-state index in [-0.39, 0.29) is 30.6 Å². The Kier molecular flexibility index (Phi) is 7.04. The Morgan fingerprint density at radius 2 is 1.83 bits per heavy atom. The monoisotopic (exact) mass is 413 g/mol. The van der Waals surface area contributed by atoms with Crippen molar-refractivity contribution in [3.8, 4) is 0 Å². The summed E-state index contributed by atoms with van der Waals surface area (Å²) in [6.45, 7) is 1.54. The number of carbonyl (C=O) groups is 3. The van der Waals surface area contributed by atoms with Gasteiger partial charge in [0.1, 0.15) is 0 Å². The van der Waals surface area contributed by atoms with Crippen LogP contribution in [-0.2, 0) is 20.7 Å². The van der Waals surface area contributed by atoms with Gasteiger partial charge < -0.3 is 10.1 Å². The van der Waals surface area contributed by atoms with Crippen molar-refractivity contribution in [2.24, 2.45) is 0 Å². The van der Waals surface area contributed by atoms with Crippen LogP contribution in [0.5, 0.6) is 0 Å². The normalized spacial score (nSPS) is 16.4. The number of nitrogens with one attached hydrogen (secondary N) is 1. The van der Waals surface area contributed by atoms with Crippen LogP contribution in [0.3, 0.4) is 0 Å². The summed E-state index contributed by atoms with van der Waals surface area (Å²) in [5.41, 5.74) is 2.86. The minimum Gasteiger partial charge on any atom is -0.453 e. The number of esters is 1.